The van der Waals surface area contributed by atoms with Gasteiger partial charge in [0.2, 0.25) is 5.91 Å². The number of rotatable bonds is 7. The third-order valence-electron chi connectivity index (χ3n) is 5.34. The number of halogens is 2. The molecule has 178 valence electrons. The van der Waals surface area contributed by atoms with Crippen molar-refractivity contribution in [1.29, 1.82) is 0 Å². The van der Waals surface area contributed by atoms with Crippen LogP contribution in [0.1, 0.15) is 25.5 Å². The van der Waals surface area contributed by atoms with Crippen LogP contribution in [-0.2, 0) is 10.7 Å². The van der Waals surface area contributed by atoms with E-state index >= 15 is 0 Å². The minimum atomic E-state index is -2.98. The van der Waals surface area contributed by atoms with Gasteiger partial charge in [-0.2, -0.15) is 5.10 Å². The summed E-state index contributed by atoms with van der Waals surface area (Å²) >= 11 is 0. The molecule has 3 aromatic carbocycles. The van der Waals surface area contributed by atoms with Crippen molar-refractivity contribution in [2.24, 2.45) is 0 Å². The Balaban J connectivity index is 1.53. The normalized spacial score (nSPS) is 12.1. The number of benzene rings is 3. The molecule has 6 nitrogen and oxygen atoms in total. The van der Waals surface area contributed by atoms with E-state index in [0.29, 0.717) is 28.4 Å². The van der Waals surface area contributed by atoms with Crippen LogP contribution in [0.5, 0.6) is 11.5 Å². The van der Waals surface area contributed by atoms with Crippen molar-refractivity contribution in [3.05, 3.63) is 107 Å². The van der Waals surface area contributed by atoms with Crippen LogP contribution in [0.15, 0.2) is 95.8 Å². The molecular formula is C27H23F2N3O3. The number of anilines is 1. The zero-order chi connectivity index (χ0) is 25.0. The summed E-state index contributed by atoms with van der Waals surface area (Å²) in [5.41, 5.74) is 0.916. The number of ether oxygens (including phenoxy) is 1. The van der Waals surface area contributed by atoms with Gasteiger partial charge in [0.25, 0.3) is 11.5 Å². The number of nitrogens with zero attached hydrogens (tertiary/aromatic N) is 2. The van der Waals surface area contributed by atoms with E-state index in [1.165, 1.54) is 37.3 Å². The lowest BCUT2D eigenvalue weighted by atomic mass is 10.1. The van der Waals surface area contributed by atoms with Crippen LogP contribution < -0.4 is 15.6 Å². The molecule has 0 saturated carbocycles. The first kappa shape index (κ1) is 23.8. The van der Waals surface area contributed by atoms with Gasteiger partial charge in [-0.15, -0.1) is 0 Å². The Kier molecular flexibility index (Phi) is 6.73. The number of hydrogen-bond acceptors (Lipinski definition) is 4. The summed E-state index contributed by atoms with van der Waals surface area (Å²) in [7, 11) is 0. The highest BCUT2D eigenvalue weighted by atomic mass is 19.3. The molecule has 0 bridgehead atoms. The Labute approximate surface area is 200 Å². The summed E-state index contributed by atoms with van der Waals surface area (Å²) in [5, 5.41) is 7.03. The summed E-state index contributed by atoms with van der Waals surface area (Å²) in [6.45, 7) is 2.34. The molecule has 1 unspecified atom stereocenters. The van der Waals surface area contributed by atoms with E-state index < -0.39 is 23.4 Å². The minimum Gasteiger partial charge on any atom is -0.457 e. The van der Waals surface area contributed by atoms with Gasteiger partial charge in [-0.05, 0) is 49.4 Å². The van der Waals surface area contributed by atoms with Crippen molar-refractivity contribution in [2.75, 3.05) is 5.32 Å². The van der Waals surface area contributed by atoms with Crippen molar-refractivity contribution < 1.29 is 18.3 Å². The fourth-order valence-electron chi connectivity index (χ4n) is 3.40. The Bertz CT molecular complexity index is 1380. The molecule has 0 aliphatic carbocycles. The van der Waals surface area contributed by atoms with Gasteiger partial charge in [-0.1, -0.05) is 42.5 Å². The summed E-state index contributed by atoms with van der Waals surface area (Å²) < 4.78 is 33.8. The SMILES string of the molecule is CC(C(=O)Nc1ccc(C(C)(F)F)cc1)n1nc(-c2cccc(Oc3ccccc3)c2)ccc1=O. The van der Waals surface area contributed by atoms with E-state index in [9.17, 15) is 18.4 Å². The first-order valence-corrected chi connectivity index (χ1v) is 10.9. The van der Waals surface area contributed by atoms with Gasteiger partial charge in [0.05, 0.1) is 5.69 Å². The molecule has 0 spiro atoms. The standard InChI is InChI=1S/C27H23F2N3O3/c1-18(26(34)30-21-13-11-20(12-14-21)27(2,28)29)32-25(33)16-15-24(31-32)19-7-6-10-23(17-19)35-22-8-4-3-5-9-22/h3-18H,1-2H3,(H,30,34). The second-order valence-corrected chi connectivity index (χ2v) is 8.08. The topological polar surface area (TPSA) is 73.2 Å². The lowest BCUT2D eigenvalue weighted by molar-refractivity contribution is -0.119. The number of alkyl halides is 2. The van der Waals surface area contributed by atoms with Gasteiger partial charge < -0.3 is 10.1 Å². The monoisotopic (exact) mass is 475 g/mol. The molecular weight excluding hydrogens is 452 g/mol. The van der Waals surface area contributed by atoms with Crippen molar-refractivity contribution in [3.8, 4) is 22.8 Å². The molecule has 1 amide bonds. The van der Waals surface area contributed by atoms with Crippen molar-refractivity contribution in [3.63, 3.8) is 0 Å². The Morgan fingerprint density at radius 1 is 0.943 bits per heavy atom. The van der Waals surface area contributed by atoms with Crippen LogP contribution in [-0.4, -0.2) is 15.7 Å². The molecule has 1 atom stereocenters. The number of para-hydroxylation sites is 1. The van der Waals surface area contributed by atoms with Crippen LogP contribution in [0.3, 0.4) is 0 Å². The zero-order valence-corrected chi connectivity index (χ0v) is 19.1. The average Bonchev–Trinajstić information content (AvgIpc) is 2.84. The molecule has 8 heteroatoms. The van der Waals surface area contributed by atoms with Crippen molar-refractivity contribution >= 4 is 11.6 Å². The van der Waals surface area contributed by atoms with Crippen LogP contribution in [0.25, 0.3) is 11.3 Å². The third-order valence-corrected chi connectivity index (χ3v) is 5.34. The summed E-state index contributed by atoms with van der Waals surface area (Å²) in [6, 6.07) is 23.8. The van der Waals surface area contributed by atoms with Gasteiger partial charge in [0.1, 0.15) is 17.5 Å². The molecule has 4 rings (SSSR count). The number of carbonyl (C=O) groups excluding carboxylic acids is 1. The van der Waals surface area contributed by atoms with Crippen LogP contribution >= 0.6 is 0 Å². The third kappa shape index (κ3) is 5.78. The van der Waals surface area contributed by atoms with Crippen LogP contribution in [0, 0.1) is 0 Å². The quantitative estimate of drug-likeness (QED) is 0.355. The molecule has 1 N–H and O–H groups in total. The van der Waals surface area contributed by atoms with Crippen LogP contribution in [0.2, 0.25) is 0 Å². The smallest absolute Gasteiger partial charge is 0.270 e. The first-order valence-electron chi connectivity index (χ1n) is 10.9. The Morgan fingerprint density at radius 3 is 2.31 bits per heavy atom. The van der Waals surface area contributed by atoms with E-state index in [-0.39, 0.29) is 5.56 Å². The molecule has 35 heavy (non-hydrogen) atoms. The highest BCUT2D eigenvalue weighted by molar-refractivity contribution is 5.93. The van der Waals surface area contributed by atoms with Gasteiger partial charge in [-0.3, -0.25) is 9.59 Å². The van der Waals surface area contributed by atoms with Gasteiger partial charge in [-0.25, -0.2) is 13.5 Å². The number of aromatic nitrogens is 2. The largest absolute Gasteiger partial charge is 0.457 e. The van der Waals surface area contributed by atoms with Crippen molar-refractivity contribution in [1.82, 2.24) is 9.78 Å². The lowest BCUT2D eigenvalue weighted by Gasteiger charge is -2.16. The zero-order valence-electron chi connectivity index (χ0n) is 19.1. The summed E-state index contributed by atoms with van der Waals surface area (Å²) in [6.07, 6.45) is 0. The Hall–Kier alpha value is -4.33. The van der Waals surface area contributed by atoms with Gasteiger partial charge in [0.15, 0.2) is 0 Å². The van der Waals surface area contributed by atoms with E-state index in [1.807, 2.05) is 48.5 Å². The molecule has 0 aliphatic heterocycles. The molecule has 0 radical (unpaired) electrons. The van der Waals surface area contributed by atoms with Gasteiger partial charge >= 0.3 is 0 Å². The first-order chi connectivity index (χ1) is 16.7. The molecule has 0 fully saturated rings. The fourth-order valence-corrected chi connectivity index (χ4v) is 3.40. The fraction of sp³-hybridized carbons (Fsp3) is 0.148. The minimum absolute atomic E-state index is 0.160. The predicted molar refractivity (Wildman–Crippen MR) is 130 cm³/mol. The Morgan fingerprint density at radius 2 is 1.63 bits per heavy atom. The number of nitrogens with one attached hydrogen (secondary N) is 1. The van der Waals surface area contributed by atoms with E-state index in [1.54, 1.807) is 12.1 Å². The van der Waals surface area contributed by atoms with E-state index in [0.717, 1.165) is 11.6 Å². The van der Waals surface area contributed by atoms with Crippen molar-refractivity contribution in [2.45, 2.75) is 25.8 Å². The lowest BCUT2D eigenvalue weighted by Crippen LogP contribution is -2.33. The maximum Gasteiger partial charge on any atom is 0.270 e. The second kappa shape index (κ2) is 9.89. The van der Waals surface area contributed by atoms with Crippen LogP contribution in [0.4, 0.5) is 14.5 Å². The maximum atomic E-state index is 13.4. The highest BCUT2D eigenvalue weighted by Crippen LogP contribution is 2.28. The highest BCUT2D eigenvalue weighted by Gasteiger charge is 2.24. The number of amides is 1. The van der Waals surface area contributed by atoms with Gasteiger partial charge in [0, 0.05) is 29.8 Å². The number of hydrogen-bond donors (Lipinski definition) is 1. The van der Waals surface area contributed by atoms with E-state index in [2.05, 4.69) is 10.4 Å². The molecule has 1 aromatic heterocycles. The maximum absolute atomic E-state index is 13.4. The molecule has 4 aromatic rings. The predicted octanol–water partition coefficient (Wildman–Crippen LogP) is 6.01. The summed E-state index contributed by atoms with van der Waals surface area (Å²) in [4.78, 5) is 25.2. The summed E-state index contributed by atoms with van der Waals surface area (Å²) in [5.74, 6) is -2.20. The molecule has 0 aliphatic rings. The average molecular weight is 475 g/mol. The molecule has 0 saturated heterocycles. The number of carbonyl (C=O) groups is 1. The molecule has 1 heterocycles. The second-order valence-electron chi connectivity index (χ2n) is 8.08. The van der Waals surface area contributed by atoms with E-state index in [4.69, 9.17) is 4.74 Å².